The number of hydrogen-bond donors (Lipinski definition) is 0. The zero-order valence-electron chi connectivity index (χ0n) is 9.33. The Morgan fingerprint density at radius 2 is 1.93 bits per heavy atom. The minimum absolute atomic E-state index is 0.500. The van der Waals surface area contributed by atoms with Gasteiger partial charge in [-0.1, -0.05) is 13.8 Å². The highest BCUT2D eigenvalue weighted by Crippen LogP contribution is 2.31. The normalized spacial score (nSPS) is 12.3. The van der Waals surface area contributed by atoms with Crippen molar-refractivity contribution in [3.8, 4) is 11.5 Å². The van der Waals surface area contributed by atoms with Gasteiger partial charge < -0.3 is 9.47 Å². The fraction of sp³-hybridized carbons (Fsp3) is 0.500. The van der Waals surface area contributed by atoms with Crippen LogP contribution < -0.4 is 9.47 Å². The number of ether oxygens (including phenoxy) is 2. The third kappa shape index (κ3) is 2.19. The van der Waals surface area contributed by atoms with Crippen LogP contribution in [0.25, 0.3) is 0 Å². The van der Waals surface area contributed by atoms with Gasteiger partial charge in [-0.05, 0) is 30.5 Å². The quantitative estimate of drug-likeness (QED) is 0.732. The lowest BCUT2D eigenvalue weighted by Gasteiger charge is -2.14. The van der Waals surface area contributed by atoms with E-state index in [1.165, 1.54) is 5.56 Å². The second kappa shape index (κ2) is 4.89. The number of rotatable bonds is 4. The minimum atomic E-state index is 0.500. The van der Waals surface area contributed by atoms with Crippen LogP contribution in [0.5, 0.6) is 11.5 Å². The Balaban J connectivity index is 3.08. The molecule has 0 aliphatic carbocycles. The molecule has 0 N–H and O–H groups in total. The van der Waals surface area contributed by atoms with Crippen molar-refractivity contribution in [2.24, 2.45) is 0 Å². The first-order chi connectivity index (χ1) is 6.72. The smallest absolute Gasteiger partial charge is 0.122 e. The zero-order valence-corrected chi connectivity index (χ0v) is 9.33. The molecule has 2 heteroatoms. The highest BCUT2D eigenvalue weighted by atomic mass is 16.5. The molecule has 0 saturated carbocycles. The molecule has 0 amide bonds. The first-order valence-electron chi connectivity index (χ1n) is 4.94. The maximum absolute atomic E-state index is 5.31. The number of methoxy groups -OCH3 is 2. The second-order valence-electron chi connectivity index (χ2n) is 3.42. The molecule has 0 saturated heterocycles. The van der Waals surface area contributed by atoms with Crippen molar-refractivity contribution in [3.05, 3.63) is 23.8 Å². The Bertz CT molecular complexity index is 294. The maximum Gasteiger partial charge on any atom is 0.122 e. The standard InChI is InChI=1S/C12H18O2/c1-5-9(2)11-8-10(13-3)6-7-12(11)14-4/h6-9H,5H2,1-4H3/t9-/m0/s1. The monoisotopic (exact) mass is 194 g/mol. The van der Waals surface area contributed by atoms with Crippen molar-refractivity contribution in [2.75, 3.05) is 14.2 Å². The van der Waals surface area contributed by atoms with Gasteiger partial charge in [-0.2, -0.15) is 0 Å². The van der Waals surface area contributed by atoms with Gasteiger partial charge in [-0.15, -0.1) is 0 Å². The summed E-state index contributed by atoms with van der Waals surface area (Å²) in [4.78, 5) is 0. The van der Waals surface area contributed by atoms with Crippen molar-refractivity contribution in [1.29, 1.82) is 0 Å². The fourth-order valence-corrected chi connectivity index (χ4v) is 1.44. The van der Waals surface area contributed by atoms with Crippen molar-refractivity contribution in [1.82, 2.24) is 0 Å². The summed E-state index contributed by atoms with van der Waals surface area (Å²) in [5.74, 6) is 2.33. The topological polar surface area (TPSA) is 18.5 Å². The first kappa shape index (κ1) is 10.9. The highest BCUT2D eigenvalue weighted by Gasteiger charge is 2.10. The summed E-state index contributed by atoms with van der Waals surface area (Å²) in [5.41, 5.74) is 1.22. The van der Waals surface area contributed by atoms with Crippen LogP contribution in [0.2, 0.25) is 0 Å². The summed E-state index contributed by atoms with van der Waals surface area (Å²) in [6.07, 6.45) is 1.10. The predicted octanol–water partition coefficient (Wildman–Crippen LogP) is 3.22. The van der Waals surface area contributed by atoms with E-state index in [0.717, 1.165) is 17.9 Å². The Labute approximate surface area is 85.8 Å². The molecule has 0 heterocycles. The van der Waals surface area contributed by atoms with Gasteiger partial charge in [0.1, 0.15) is 11.5 Å². The SMILES string of the molecule is CC[C@H](C)c1cc(OC)ccc1OC. The molecule has 0 bridgehead atoms. The lowest BCUT2D eigenvalue weighted by molar-refractivity contribution is 0.395. The second-order valence-corrected chi connectivity index (χ2v) is 3.42. The van der Waals surface area contributed by atoms with Gasteiger partial charge in [0.05, 0.1) is 14.2 Å². The van der Waals surface area contributed by atoms with Crippen LogP contribution in [0, 0.1) is 0 Å². The molecule has 1 aromatic carbocycles. The van der Waals surface area contributed by atoms with Crippen molar-refractivity contribution in [3.63, 3.8) is 0 Å². The van der Waals surface area contributed by atoms with E-state index in [4.69, 9.17) is 9.47 Å². The molecule has 0 radical (unpaired) electrons. The molecule has 0 fully saturated rings. The molecule has 0 aliphatic rings. The Kier molecular flexibility index (Phi) is 3.81. The van der Waals surface area contributed by atoms with E-state index < -0.39 is 0 Å². The van der Waals surface area contributed by atoms with E-state index in [0.29, 0.717) is 5.92 Å². The van der Waals surface area contributed by atoms with E-state index >= 15 is 0 Å². The lowest BCUT2D eigenvalue weighted by atomic mass is 9.97. The van der Waals surface area contributed by atoms with Crippen LogP contribution in [-0.4, -0.2) is 14.2 Å². The minimum Gasteiger partial charge on any atom is -0.497 e. The summed E-state index contributed by atoms with van der Waals surface area (Å²) in [5, 5.41) is 0. The molecule has 1 rings (SSSR count). The molecule has 1 atom stereocenters. The van der Waals surface area contributed by atoms with Gasteiger partial charge in [-0.3, -0.25) is 0 Å². The fourth-order valence-electron chi connectivity index (χ4n) is 1.44. The van der Waals surface area contributed by atoms with Crippen molar-refractivity contribution >= 4 is 0 Å². The maximum atomic E-state index is 5.31. The third-order valence-corrected chi connectivity index (χ3v) is 2.58. The van der Waals surface area contributed by atoms with E-state index in [-0.39, 0.29) is 0 Å². The third-order valence-electron chi connectivity index (χ3n) is 2.58. The van der Waals surface area contributed by atoms with Crippen LogP contribution in [-0.2, 0) is 0 Å². The highest BCUT2D eigenvalue weighted by molar-refractivity contribution is 5.42. The van der Waals surface area contributed by atoms with Crippen LogP contribution in [0.15, 0.2) is 18.2 Å². The molecular formula is C12H18O2. The van der Waals surface area contributed by atoms with Crippen LogP contribution in [0.3, 0.4) is 0 Å². The first-order valence-corrected chi connectivity index (χ1v) is 4.94. The zero-order chi connectivity index (χ0) is 10.6. The molecule has 2 nitrogen and oxygen atoms in total. The number of hydrogen-bond acceptors (Lipinski definition) is 2. The number of benzene rings is 1. The van der Waals surface area contributed by atoms with Crippen LogP contribution >= 0.6 is 0 Å². The van der Waals surface area contributed by atoms with Gasteiger partial charge in [0.25, 0.3) is 0 Å². The summed E-state index contributed by atoms with van der Waals surface area (Å²) >= 11 is 0. The van der Waals surface area contributed by atoms with Crippen LogP contribution in [0.1, 0.15) is 31.7 Å². The Morgan fingerprint density at radius 1 is 1.21 bits per heavy atom. The predicted molar refractivity (Wildman–Crippen MR) is 58.3 cm³/mol. The van der Waals surface area contributed by atoms with E-state index in [2.05, 4.69) is 13.8 Å². The van der Waals surface area contributed by atoms with Crippen LogP contribution in [0.4, 0.5) is 0 Å². The van der Waals surface area contributed by atoms with E-state index in [9.17, 15) is 0 Å². The van der Waals surface area contributed by atoms with E-state index in [1.807, 2.05) is 18.2 Å². The molecule has 1 aromatic rings. The van der Waals surface area contributed by atoms with Gasteiger partial charge in [0, 0.05) is 5.56 Å². The van der Waals surface area contributed by atoms with Gasteiger partial charge in [0.2, 0.25) is 0 Å². The summed E-state index contributed by atoms with van der Waals surface area (Å²) in [6, 6.07) is 5.93. The molecule has 14 heavy (non-hydrogen) atoms. The van der Waals surface area contributed by atoms with E-state index in [1.54, 1.807) is 14.2 Å². The average molecular weight is 194 g/mol. The van der Waals surface area contributed by atoms with Crippen molar-refractivity contribution < 1.29 is 9.47 Å². The van der Waals surface area contributed by atoms with Gasteiger partial charge >= 0.3 is 0 Å². The molecule has 78 valence electrons. The summed E-state index contributed by atoms with van der Waals surface area (Å²) < 4.78 is 10.5. The molecule has 0 spiro atoms. The molecule has 0 unspecified atom stereocenters. The Hall–Kier alpha value is -1.18. The summed E-state index contributed by atoms with van der Waals surface area (Å²) in [6.45, 7) is 4.36. The van der Waals surface area contributed by atoms with Crippen molar-refractivity contribution in [2.45, 2.75) is 26.2 Å². The largest absolute Gasteiger partial charge is 0.497 e. The molecular weight excluding hydrogens is 176 g/mol. The van der Waals surface area contributed by atoms with Gasteiger partial charge in [0.15, 0.2) is 0 Å². The lowest BCUT2D eigenvalue weighted by Crippen LogP contribution is -1.97. The Morgan fingerprint density at radius 3 is 2.43 bits per heavy atom. The average Bonchev–Trinajstić information content (AvgIpc) is 2.27. The molecule has 0 aromatic heterocycles. The molecule has 0 aliphatic heterocycles. The summed E-state index contributed by atoms with van der Waals surface area (Å²) in [7, 11) is 3.38. The van der Waals surface area contributed by atoms with Gasteiger partial charge in [-0.25, -0.2) is 0 Å².